The molecule has 5 nitrogen and oxygen atoms in total. The maximum atomic E-state index is 9.23. The topological polar surface area (TPSA) is 63.2 Å². The van der Waals surface area contributed by atoms with Crippen LogP contribution in [-0.2, 0) is 6.54 Å². The Morgan fingerprint density at radius 2 is 2.33 bits per heavy atom. The number of anilines is 1. The lowest BCUT2D eigenvalue weighted by molar-refractivity contribution is 0.270. The Labute approximate surface area is 125 Å². The fourth-order valence-electron chi connectivity index (χ4n) is 3.13. The van der Waals surface area contributed by atoms with Gasteiger partial charge in [-0.25, -0.2) is 4.68 Å². The Bertz CT molecular complexity index is 602. The SMILES string of the molecule is Cc1occc1-c1cc(NC2CCC(C)C2)n(CCO)n1. The van der Waals surface area contributed by atoms with Crippen LogP contribution < -0.4 is 5.32 Å². The normalized spacial score (nSPS) is 21.9. The molecule has 0 spiro atoms. The van der Waals surface area contributed by atoms with E-state index in [1.54, 1.807) is 6.26 Å². The fraction of sp³-hybridized carbons (Fsp3) is 0.562. The molecule has 3 rings (SSSR count). The Hall–Kier alpha value is -1.75. The van der Waals surface area contributed by atoms with Gasteiger partial charge < -0.3 is 14.8 Å². The maximum absolute atomic E-state index is 9.23. The minimum atomic E-state index is 0.0846. The molecule has 2 heterocycles. The smallest absolute Gasteiger partial charge is 0.125 e. The first-order valence-electron chi connectivity index (χ1n) is 7.67. The summed E-state index contributed by atoms with van der Waals surface area (Å²) in [5.41, 5.74) is 1.90. The summed E-state index contributed by atoms with van der Waals surface area (Å²) in [7, 11) is 0. The van der Waals surface area contributed by atoms with Crippen LogP contribution in [0, 0.1) is 12.8 Å². The molecule has 5 heteroatoms. The van der Waals surface area contributed by atoms with Gasteiger partial charge in [-0.05, 0) is 38.2 Å². The zero-order valence-electron chi connectivity index (χ0n) is 12.7. The highest BCUT2D eigenvalue weighted by Crippen LogP contribution is 2.30. The van der Waals surface area contributed by atoms with Gasteiger partial charge in [0.2, 0.25) is 0 Å². The van der Waals surface area contributed by atoms with Crippen LogP contribution in [0.3, 0.4) is 0 Å². The summed E-state index contributed by atoms with van der Waals surface area (Å²) >= 11 is 0. The van der Waals surface area contributed by atoms with Gasteiger partial charge in [0.05, 0.1) is 25.1 Å². The molecule has 1 fully saturated rings. The van der Waals surface area contributed by atoms with Crippen LogP contribution in [0.2, 0.25) is 0 Å². The summed E-state index contributed by atoms with van der Waals surface area (Å²) < 4.78 is 7.21. The van der Waals surface area contributed by atoms with E-state index in [1.807, 2.05) is 17.7 Å². The lowest BCUT2D eigenvalue weighted by Crippen LogP contribution is -2.19. The number of aliphatic hydroxyl groups is 1. The number of aryl methyl sites for hydroxylation is 1. The van der Waals surface area contributed by atoms with E-state index in [2.05, 4.69) is 23.4 Å². The largest absolute Gasteiger partial charge is 0.469 e. The monoisotopic (exact) mass is 289 g/mol. The first kappa shape index (κ1) is 14.2. The van der Waals surface area contributed by atoms with E-state index in [0.717, 1.165) is 28.8 Å². The predicted octanol–water partition coefficient (Wildman–Crippen LogP) is 3.04. The summed E-state index contributed by atoms with van der Waals surface area (Å²) in [5.74, 6) is 2.63. The number of furan rings is 1. The van der Waals surface area contributed by atoms with E-state index < -0.39 is 0 Å². The number of hydrogen-bond acceptors (Lipinski definition) is 4. The minimum Gasteiger partial charge on any atom is -0.469 e. The van der Waals surface area contributed by atoms with Crippen molar-refractivity contribution in [2.75, 3.05) is 11.9 Å². The van der Waals surface area contributed by atoms with Crippen molar-refractivity contribution >= 4 is 5.82 Å². The lowest BCUT2D eigenvalue weighted by Gasteiger charge is -2.14. The molecule has 1 saturated carbocycles. The van der Waals surface area contributed by atoms with Crippen LogP contribution in [0.4, 0.5) is 5.82 Å². The van der Waals surface area contributed by atoms with Gasteiger partial charge in [-0.2, -0.15) is 5.10 Å². The number of aliphatic hydroxyl groups excluding tert-OH is 1. The first-order chi connectivity index (χ1) is 10.2. The zero-order valence-corrected chi connectivity index (χ0v) is 12.7. The van der Waals surface area contributed by atoms with Crippen LogP contribution >= 0.6 is 0 Å². The van der Waals surface area contributed by atoms with E-state index in [9.17, 15) is 5.11 Å². The van der Waals surface area contributed by atoms with Crippen LogP contribution in [0.1, 0.15) is 31.9 Å². The van der Waals surface area contributed by atoms with Crippen LogP contribution in [0.5, 0.6) is 0 Å². The molecule has 0 bridgehead atoms. The van der Waals surface area contributed by atoms with Gasteiger partial charge in [0.1, 0.15) is 11.6 Å². The third-order valence-electron chi connectivity index (χ3n) is 4.27. The molecular weight excluding hydrogens is 266 g/mol. The molecule has 2 unspecified atom stereocenters. The van der Waals surface area contributed by atoms with E-state index >= 15 is 0 Å². The summed E-state index contributed by atoms with van der Waals surface area (Å²) in [6, 6.07) is 4.49. The van der Waals surface area contributed by atoms with Gasteiger partial charge in [0, 0.05) is 17.7 Å². The molecule has 2 N–H and O–H groups in total. The summed E-state index contributed by atoms with van der Waals surface area (Å²) in [6.45, 7) is 4.82. The van der Waals surface area contributed by atoms with Crippen LogP contribution in [0.25, 0.3) is 11.3 Å². The molecule has 0 aromatic carbocycles. The average Bonchev–Trinajstić information content (AvgIpc) is 3.13. The molecule has 1 aliphatic rings. The van der Waals surface area contributed by atoms with Crippen molar-refractivity contribution in [2.45, 2.75) is 45.7 Å². The molecule has 0 radical (unpaired) electrons. The van der Waals surface area contributed by atoms with Crippen molar-refractivity contribution in [3.05, 3.63) is 24.2 Å². The fourth-order valence-corrected chi connectivity index (χ4v) is 3.13. The highest BCUT2D eigenvalue weighted by atomic mass is 16.3. The van der Waals surface area contributed by atoms with Gasteiger partial charge >= 0.3 is 0 Å². The van der Waals surface area contributed by atoms with Crippen LogP contribution in [0.15, 0.2) is 22.8 Å². The highest BCUT2D eigenvalue weighted by Gasteiger charge is 2.23. The summed E-state index contributed by atoms with van der Waals surface area (Å²) in [4.78, 5) is 0. The van der Waals surface area contributed by atoms with Crippen molar-refractivity contribution < 1.29 is 9.52 Å². The third kappa shape index (κ3) is 2.97. The van der Waals surface area contributed by atoms with E-state index in [4.69, 9.17) is 4.42 Å². The van der Waals surface area contributed by atoms with Crippen molar-refractivity contribution in [1.29, 1.82) is 0 Å². The Kier molecular flexibility index (Phi) is 4.01. The second-order valence-corrected chi connectivity index (χ2v) is 6.01. The van der Waals surface area contributed by atoms with Crippen molar-refractivity contribution in [2.24, 2.45) is 5.92 Å². The number of nitrogens with zero attached hydrogens (tertiary/aromatic N) is 2. The summed E-state index contributed by atoms with van der Waals surface area (Å²) in [6.07, 6.45) is 5.36. The molecule has 2 atom stereocenters. The molecule has 0 aliphatic heterocycles. The Morgan fingerprint density at radius 1 is 1.48 bits per heavy atom. The molecule has 21 heavy (non-hydrogen) atoms. The van der Waals surface area contributed by atoms with Gasteiger partial charge in [-0.15, -0.1) is 0 Å². The Balaban J connectivity index is 1.84. The molecule has 114 valence electrons. The molecule has 1 aliphatic carbocycles. The standard InChI is InChI=1S/C16H23N3O2/c1-11-3-4-13(9-11)17-16-10-15(18-19(16)6-7-20)14-5-8-21-12(14)2/h5,8,10-11,13,17,20H,3-4,6-7,9H2,1-2H3. The minimum absolute atomic E-state index is 0.0846. The first-order valence-corrected chi connectivity index (χ1v) is 7.67. The van der Waals surface area contributed by atoms with Gasteiger partial charge in [0.15, 0.2) is 0 Å². The van der Waals surface area contributed by atoms with E-state index in [0.29, 0.717) is 12.6 Å². The van der Waals surface area contributed by atoms with Crippen molar-refractivity contribution in [1.82, 2.24) is 9.78 Å². The average molecular weight is 289 g/mol. The number of aromatic nitrogens is 2. The molecule has 0 saturated heterocycles. The number of rotatable bonds is 5. The van der Waals surface area contributed by atoms with E-state index in [1.165, 1.54) is 19.3 Å². The van der Waals surface area contributed by atoms with Crippen molar-refractivity contribution in [3.63, 3.8) is 0 Å². The highest BCUT2D eigenvalue weighted by molar-refractivity contribution is 5.64. The lowest BCUT2D eigenvalue weighted by atomic mass is 10.1. The molecule has 2 aromatic heterocycles. The second-order valence-electron chi connectivity index (χ2n) is 6.01. The summed E-state index contributed by atoms with van der Waals surface area (Å²) in [5, 5.41) is 17.4. The van der Waals surface area contributed by atoms with Crippen LogP contribution in [-0.4, -0.2) is 27.5 Å². The molecular formula is C16H23N3O2. The molecule has 2 aromatic rings. The molecule has 0 amide bonds. The van der Waals surface area contributed by atoms with E-state index in [-0.39, 0.29) is 6.61 Å². The third-order valence-corrected chi connectivity index (χ3v) is 4.27. The zero-order chi connectivity index (χ0) is 14.8. The number of hydrogen-bond donors (Lipinski definition) is 2. The number of nitrogens with one attached hydrogen (secondary N) is 1. The van der Waals surface area contributed by atoms with Gasteiger partial charge in [0.25, 0.3) is 0 Å². The maximum Gasteiger partial charge on any atom is 0.125 e. The van der Waals surface area contributed by atoms with Crippen molar-refractivity contribution in [3.8, 4) is 11.3 Å². The quantitative estimate of drug-likeness (QED) is 0.888. The Morgan fingerprint density at radius 3 is 2.95 bits per heavy atom. The predicted molar refractivity (Wildman–Crippen MR) is 82.2 cm³/mol. The van der Waals surface area contributed by atoms with Gasteiger partial charge in [-0.3, -0.25) is 0 Å². The second kappa shape index (κ2) is 5.93. The van der Waals surface area contributed by atoms with Gasteiger partial charge in [-0.1, -0.05) is 6.92 Å².